The quantitative estimate of drug-likeness (QED) is 0.837. The minimum absolute atomic E-state index is 0.00324. The zero-order valence-electron chi connectivity index (χ0n) is 9.20. The highest BCUT2D eigenvalue weighted by atomic mass is 35.5. The van der Waals surface area contributed by atoms with E-state index in [4.69, 9.17) is 11.6 Å². The van der Waals surface area contributed by atoms with Crippen LogP contribution in [0.15, 0.2) is 18.2 Å². The van der Waals surface area contributed by atoms with Crippen LogP contribution in [0.25, 0.3) is 0 Å². The van der Waals surface area contributed by atoms with E-state index in [0.717, 1.165) is 12.5 Å². The van der Waals surface area contributed by atoms with Crippen molar-refractivity contribution in [1.29, 1.82) is 0 Å². The fraction of sp³-hybridized carbons (Fsp3) is 0.417. The van der Waals surface area contributed by atoms with Gasteiger partial charge in [-0.3, -0.25) is 4.79 Å². The van der Waals surface area contributed by atoms with Crippen molar-refractivity contribution >= 4 is 17.5 Å². The van der Waals surface area contributed by atoms with Crippen LogP contribution in [0.3, 0.4) is 0 Å². The Balaban J connectivity index is 2.18. The van der Waals surface area contributed by atoms with Crippen LogP contribution in [0.2, 0.25) is 5.02 Å². The molecule has 1 aromatic carbocycles. The number of aliphatic hydroxyl groups excluding tert-OH is 1. The first-order chi connectivity index (χ1) is 8.08. The lowest BCUT2D eigenvalue weighted by Gasteiger charge is -2.30. The number of nitrogens with zero attached hydrogens (tertiary/aromatic N) is 1. The molecule has 1 amide bonds. The second kappa shape index (κ2) is 5.02. The highest BCUT2D eigenvalue weighted by Crippen LogP contribution is 2.18. The lowest BCUT2D eigenvalue weighted by Crippen LogP contribution is -2.42. The maximum atomic E-state index is 13.6. The lowest BCUT2D eigenvalue weighted by atomic mass is 10.1. The monoisotopic (exact) mass is 257 g/mol. The predicted molar refractivity (Wildman–Crippen MR) is 62.6 cm³/mol. The van der Waals surface area contributed by atoms with Crippen molar-refractivity contribution in [3.63, 3.8) is 0 Å². The van der Waals surface area contributed by atoms with Gasteiger partial charge in [0.2, 0.25) is 0 Å². The van der Waals surface area contributed by atoms with Crippen LogP contribution in [0, 0.1) is 5.82 Å². The molecule has 1 N–H and O–H groups in total. The molecule has 2 rings (SSSR count). The molecule has 92 valence electrons. The number of piperidine rings is 1. The van der Waals surface area contributed by atoms with E-state index in [2.05, 4.69) is 0 Å². The molecule has 0 bridgehead atoms. The van der Waals surface area contributed by atoms with Gasteiger partial charge >= 0.3 is 0 Å². The van der Waals surface area contributed by atoms with Gasteiger partial charge in [0.25, 0.3) is 5.91 Å². The first kappa shape index (κ1) is 12.3. The molecule has 3 nitrogen and oxygen atoms in total. The standard InChI is InChI=1S/C12H13ClFNO2/c13-8-3-4-10(11(14)6-8)12(17)15-5-1-2-9(16)7-15/h3-4,6,9,16H,1-2,5,7H2. The number of aliphatic hydroxyl groups is 1. The highest BCUT2D eigenvalue weighted by Gasteiger charge is 2.24. The Morgan fingerprint density at radius 1 is 1.53 bits per heavy atom. The van der Waals surface area contributed by atoms with E-state index in [9.17, 15) is 14.3 Å². The summed E-state index contributed by atoms with van der Waals surface area (Å²) < 4.78 is 13.6. The molecule has 1 aliphatic rings. The van der Waals surface area contributed by atoms with Crippen LogP contribution in [0.4, 0.5) is 4.39 Å². The van der Waals surface area contributed by atoms with Gasteiger partial charge in [-0.15, -0.1) is 0 Å². The molecule has 1 fully saturated rings. The van der Waals surface area contributed by atoms with Crippen LogP contribution in [-0.4, -0.2) is 35.1 Å². The largest absolute Gasteiger partial charge is 0.391 e. The zero-order chi connectivity index (χ0) is 12.4. The summed E-state index contributed by atoms with van der Waals surface area (Å²) in [6, 6.07) is 3.98. The van der Waals surface area contributed by atoms with Crippen molar-refractivity contribution in [2.24, 2.45) is 0 Å². The average molecular weight is 258 g/mol. The van der Waals surface area contributed by atoms with Crippen molar-refractivity contribution in [1.82, 2.24) is 4.90 Å². The van der Waals surface area contributed by atoms with E-state index in [-0.39, 0.29) is 17.1 Å². The van der Waals surface area contributed by atoms with Crippen LogP contribution in [0.1, 0.15) is 23.2 Å². The van der Waals surface area contributed by atoms with Gasteiger partial charge in [0.15, 0.2) is 0 Å². The van der Waals surface area contributed by atoms with Crippen molar-refractivity contribution in [3.05, 3.63) is 34.6 Å². The van der Waals surface area contributed by atoms with Crippen molar-refractivity contribution in [2.45, 2.75) is 18.9 Å². The second-order valence-corrected chi connectivity index (χ2v) is 4.61. The fourth-order valence-electron chi connectivity index (χ4n) is 1.97. The molecule has 0 aromatic heterocycles. The van der Waals surface area contributed by atoms with Crippen molar-refractivity contribution < 1.29 is 14.3 Å². The minimum atomic E-state index is -0.623. The van der Waals surface area contributed by atoms with Gasteiger partial charge in [-0.25, -0.2) is 4.39 Å². The van der Waals surface area contributed by atoms with E-state index in [1.165, 1.54) is 17.0 Å². The first-order valence-corrected chi connectivity index (χ1v) is 5.88. The Morgan fingerprint density at radius 3 is 2.94 bits per heavy atom. The number of likely N-dealkylation sites (tertiary alicyclic amines) is 1. The lowest BCUT2D eigenvalue weighted by molar-refractivity contribution is 0.0470. The molecule has 1 aliphatic heterocycles. The number of carbonyl (C=O) groups is 1. The van der Waals surface area contributed by atoms with Gasteiger partial charge in [0.05, 0.1) is 11.7 Å². The number of carbonyl (C=O) groups excluding carboxylic acids is 1. The Morgan fingerprint density at radius 2 is 2.29 bits per heavy atom. The van der Waals surface area contributed by atoms with Crippen LogP contribution >= 0.6 is 11.6 Å². The van der Waals surface area contributed by atoms with Crippen molar-refractivity contribution in [2.75, 3.05) is 13.1 Å². The molecule has 1 heterocycles. The van der Waals surface area contributed by atoms with Crippen LogP contribution in [-0.2, 0) is 0 Å². The summed E-state index contributed by atoms with van der Waals surface area (Å²) in [5.74, 6) is -1.01. The summed E-state index contributed by atoms with van der Waals surface area (Å²) in [5, 5.41) is 9.74. The number of β-amino-alcohol motifs (C(OH)–C–C–N with tert-alkyl or cyclic N) is 1. The Labute approximate surface area is 104 Å². The number of hydrogen-bond acceptors (Lipinski definition) is 2. The summed E-state index contributed by atoms with van der Waals surface area (Å²) in [5.41, 5.74) is 0.00324. The fourth-order valence-corrected chi connectivity index (χ4v) is 2.13. The van der Waals surface area contributed by atoms with E-state index in [1.807, 2.05) is 0 Å². The Kier molecular flexibility index (Phi) is 3.64. The average Bonchev–Trinajstić information content (AvgIpc) is 2.28. The van der Waals surface area contributed by atoms with E-state index in [1.54, 1.807) is 0 Å². The third kappa shape index (κ3) is 2.76. The number of rotatable bonds is 1. The summed E-state index contributed by atoms with van der Waals surface area (Å²) in [6.45, 7) is 0.818. The van der Waals surface area contributed by atoms with Crippen LogP contribution in [0.5, 0.6) is 0 Å². The molecule has 0 aliphatic carbocycles. The summed E-state index contributed by atoms with van der Waals surface area (Å²) in [6.07, 6.45) is 0.915. The second-order valence-electron chi connectivity index (χ2n) is 4.17. The third-order valence-corrected chi connectivity index (χ3v) is 3.08. The van der Waals surface area contributed by atoms with E-state index >= 15 is 0 Å². The highest BCUT2D eigenvalue weighted by molar-refractivity contribution is 6.30. The van der Waals surface area contributed by atoms with Crippen LogP contribution < -0.4 is 0 Å². The molecule has 1 unspecified atom stereocenters. The third-order valence-electron chi connectivity index (χ3n) is 2.85. The minimum Gasteiger partial charge on any atom is -0.391 e. The van der Waals surface area contributed by atoms with Gasteiger partial charge in [-0.1, -0.05) is 11.6 Å². The summed E-state index contributed by atoms with van der Waals surface area (Å²) in [7, 11) is 0. The number of benzene rings is 1. The molecule has 0 saturated carbocycles. The van der Waals surface area contributed by atoms with Gasteiger partial charge in [-0.05, 0) is 31.0 Å². The molecular formula is C12H13ClFNO2. The Hall–Kier alpha value is -1.13. The number of halogens is 2. The number of hydrogen-bond donors (Lipinski definition) is 1. The SMILES string of the molecule is O=C(c1ccc(Cl)cc1F)N1CCCC(O)C1. The molecule has 5 heteroatoms. The van der Waals surface area contributed by atoms with E-state index in [0.29, 0.717) is 13.0 Å². The molecular weight excluding hydrogens is 245 g/mol. The van der Waals surface area contributed by atoms with E-state index < -0.39 is 17.8 Å². The molecule has 1 saturated heterocycles. The van der Waals surface area contributed by atoms with Gasteiger partial charge in [0.1, 0.15) is 5.82 Å². The topological polar surface area (TPSA) is 40.5 Å². The molecule has 1 atom stereocenters. The maximum Gasteiger partial charge on any atom is 0.256 e. The summed E-state index contributed by atoms with van der Waals surface area (Å²) >= 11 is 5.63. The molecule has 0 spiro atoms. The molecule has 0 radical (unpaired) electrons. The summed E-state index contributed by atoms with van der Waals surface area (Å²) in [4.78, 5) is 13.5. The maximum absolute atomic E-state index is 13.6. The predicted octanol–water partition coefficient (Wildman–Crippen LogP) is 2.08. The van der Waals surface area contributed by atoms with Gasteiger partial charge < -0.3 is 10.0 Å². The molecule has 1 aromatic rings. The van der Waals surface area contributed by atoms with Gasteiger partial charge in [0, 0.05) is 18.1 Å². The molecule has 17 heavy (non-hydrogen) atoms. The first-order valence-electron chi connectivity index (χ1n) is 5.50. The zero-order valence-corrected chi connectivity index (χ0v) is 9.95. The van der Waals surface area contributed by atoms with Crippen molar-refractivity contribution in [3.8, 4) is 0 Å². The van der Waals surface area contributed by atoms with Gasteiger partial charge in [-0.2, -0.15) is 0 Å². The Bertz CT molecular complexity index is 439. The smallest absolute Gasteiger partial charge is 0.256 e. The normalized spacial score (nSPS) is 20.4. The number of amides is 1.